The van der Waals surface area contributed by atoms with Crippen LogP contribution in [0.1, 0.15) is 94.0 Å². The normalized spacial score (nSPS) is 20.2. The number of imide groups is 1. The van der Waals surface area contributed by atoms with Crippen molar-refractivity contribution in [3.8, 4) is 5.75 Å². The number of carbonyl (C=O) groups is 4. The average molecular weight is 775 g/mol. The van der Waals surface area contributed by atoms with Crippen molar-refractivity contribution in [1.29, 1.82) is 0 Å². The molecule has 2 heterocycles. The van der Waals surface area contributed by atoms with E-state index in [0.29, 0.717) is 29.5 Å². The van der Waals surface area contributed by atoms with E-state index in [1.165, 1.54) is 36.4 Å². The Morgan fingerprint density at radius 3 is 2.25 bits per heavy atom. The zero-order valence-corrected chi connectivity index (χ0v) is 32.1. The number of benzene rings is 3. The van der Waals surface area contributed by atoms with Gasteiger partial charge in [0.25, 0.3) is 5.91 Å². The minimum Gasteiger partial charge on any atom is -0.477 e. The van der Waals surface area contributed by atoms with Gasteiger partial charge >= 0.3 is 0 Å². The van der Waals surface area contributed by atoms with Crippen LogP contribution in [0.15, 0.2) is 54.6 Å². The smallest absolute Gasteiger partial charge is 0.277 e. The van der Waals surface area contributed by atoms with Gasteiger partial charge in [0.15, 0.2) is 5.60 Å². The van der Waals surface area contributed by atoms with Gasteiger partial charge in [0.2, 0.25) is 27.7 Å². The minimum absolute atomic E-state index is 0.0479. The molecule has 52 heavy (non-hydrogen) atoms. The van der Waals surface area contributed by atoms with Gasteiger partial charge in [0.05, 0.1) is 18.0 Å². The van der Waals surface area contributed by atoms with Crippen molar-refractivity contribution in [2.45, 2.75) is 89.7 Å². The molecule has 3 aromatic carbocycles. The fraction of sp³-hybridized carbons (Fsp3) is 0.421. The number of hydrogen-bond donors (Lipinski definition) is 2. The van der Waals surface area contributed by atoms with Gasteiger partial charge in [0, 0.05) is 33.9 Å². The number of aryl methyl sites for hydroxylation is 1. The second-order valence-electron chi connectivity index (χ2n) is 13.5. The number of piperidine rings is 1. The summed E-state index contributed by atoms with van der Waals surface area (Å²) in [6.45, 7) is 8.78. The van der Waals surface area contributed by atoms with E-state index in [0.717, 1.165) is 11.2 Å². The molecule has 2 N–H and O–H groups in total. The molecule has 5 rings (SSSR count). The van der Waals surface area contributed by atoms with Crippen molar-refractivity contribution in [1.82, 2.24) is 10.0 Å². The number of rotatable bonds is 11. The first-order valence-corrected chi connectivity index (χ1v) is 19.9. The molecule has 1 saturated heterocycles. The molecule has 0 aromatic heterocycles. The lowest BCUT2D eigenvalue weighted by atomic mass is 9.58. The van der Waals surface area contributed by atoms with Gasteiger partial charge in [-0.3, -0.25) is 19.2 Å². The maximum absolute atomic E-state index is 15.6. The average Bonchev–Trinajstić information content (AvgIpc) is 3.33. The lowest BCUT2D eigenvalue weighted by molar-refractivity contribution is -0.137. The number of halogens is 3. The fourth-order valence-electron chi connectivity index (χ4n) is 7.70. The van der Waals surface area contributed by atoms with Crippen molar-refractivity contribution in [3.63, 3.8) is 0 Å². The number of amides is 4. The lowest BCUT2D eigenvalue weighted by Gasteiger charge is -2.47. The van der Waals surface area contributed by atoms with Gasteiger partial charge in [-0.2, -0.15) is 0 Å². The number of nitrogens with one attached hydrogen (secondary N) is 2. The van der Waals surface area contributed by atoms with Crippen LogP contribution in [0.4, 0.5) is 10.1 Å². The molecular formula is C38H42Cl2FN3O7S. The van der Waals surface area contributed by atoms with Gasteiger partial charge < -0.3 is 10.1 Å². The monoisotopic (exact) mass is 773 g/mol. The summed E-state index contributed by atoms with van der Waals surface area (Å²) in [5.41, 5.74) is -1.73. The van der Waals surface area contributed by atoms with Crippen LogP contribution in [0.25, 0.3) is 0 Å². The summed E-state index contributed by atoms with van der Waals surface area (Å²) in [7, 11) is -3.97. The second-order valence-corrected chi connectivity index (χ2v) is 16.1. The molecule has 4 amide bonds. The molecule has 3 aromatic rings. The molecule has 0 bridgehead atoms. The summed E-state index contributed by atoms with van der Waals surface area (Å²) in [5, 5.41) is 3.46. The van der Waals surface area contributed by atoms with Crippen LogP contribution < -0.4 is 19.7 Å². The highest BCUT2D eigenvalue weighted by Gasteiger charge is 2.65. The summed E-state index contributed by atoms with van der Waals surface area (Å²) in [6.07, 6.45) is 1.55. The van der Waals surface area contributed by atoms with Gasteiger partial charge in [-0.25, -0.2) is 22.4 Å². The van der Waals surface area contributed by atoms with Crippen LogP contribution in [0, 0.1) is 18.7 Å². The molecular weight excluding hydrogens is 732 g/mol. The van der Waals surface area contributed by atoms with E-state index >= 15 is 9.18 Å². The van der Waals surface area contributed by atoms with Crippen LogP contribution in [-0.2, 0) is 34.6 Å². The second kappa shape index (κ2) is 14.8. The van der Waals surface area contributed by atoms with Crippen LogP contribution in [-0.4, -0.2) is 43.9 Å². The molecule has 3 atom stereocenters. The van der Waals surface area contributed by atoms with Crippen molar-refractivity contribution >= 4 is 62.5 Å². The molecule has 14 heteroatoms. The molecule has 2 aliphatic heterocycles. The molecule has 1 spiro atoms. The number of ether oxygens (including phenoxy) is 1. The Bertz CT molecular complexity index is 2050. The summed E-state index contributed by atoms with van der Waals surface area (Å²) in [5.74, 6) is -4.64. The van der Waals surface area contributed by atoms with Gasteiger partial charge in [0.1, 0.15) is 17.0 Å². The Hall–Kier alpha value is -4.00. The molecule has 2 aliphatic rings. The van der Waals surface area contributed by atoms with E-state index in [-0.39, 0.29) is 46.3 Å². The van der Waals surface area contributed by atoms with E-state index in [1.54, 1.807) is 39.0 Å². The largest absolute Gasteiger partial charge is 0.477 e. The highest BCUT2D eigenvalue weighted by atomic mass is 35.5. The Balaban J connectivity index is 1.86. The number of nitrogens with zero attached hydrogens (tertiary/aromatic N) is 1. The van der Waals surface area contributed by atoms with Crippen LogP contribution in [0.2, 0.25) is 10.0 Å². The number of anilines is 1. The van der Waals surface area contributed by atoms with Gasteiger partial charge in [-0.05, 0) is 91.8 Å². The van der Waals surface area contributed by atoms with Crippen LogP contribution >= 0.6 is 23.2 Å². The first kappa shape index (κ1) is 39.2. The van der Waals surface area contributed by atoms with E-state index in [2.05, 4.69) is 5.32 Å². The summed E-state index contributed by atoms with van der Waals surface area (Å²) in [4.78, 5) is 58.5. The third kappa shape index (κ3) is 6.80. The fourth-order valence-corrected chi connectivity index (χ4v) is 8.57. The molecule has 3 unspecified atom stereocenters. The van der Waals surface area contributed by atoms with Crippen molar-refractivity contribution in [3.05, 3.63) is 92.7 Å². The first-order valence-electron chi connectivity index (χ1n) is 17.2. The number of carbonyl (C=O) groups excluding carboxylic acids is 4. The van der Waals surface area contributed by atoms with E-state index in [1.807, 2.05) is 18.6 Å². The Morgan fingerprint density at radius 2 is 1.63 bits per heavy atom. The Morgan fingerprint density at radius 1 is 1.00 bits per heavy atom. The Labute approximate surface area is 313 Å². The number of sulfonamides is 1. The molecule has 0 saturated carbocycles. The van der Waals surface area contributed by atoms with E-state index in [9.17, 15) is 22.8 Å². The predicted molar refractivity (Wildman–Crippen MR) is 197 cm³/mol. The molecule has 278 valence electrons. The van der Waals surface area contributed by atoms with E-state index < -0.39 is 68.4 Å². The molecule has 10 nitrogen and oxygen atoms in total. The van der Waals surface area contributed by atoms with E-state index in [4.69, 9.17) is 27.9 Å². The third-order valence-electron chi connectivity index (χ3n) is 10.5. The van der Waals surface area contributed by atoms with Crippen molar-refractivity contribution < 1.29 is 36.7 Å². The third-order valence-corrected chi connectivity index (χ3v) is 11.5. The predicted octanol–water partition coefficient (Wildman–Crippen LogP) is 7.05. The topological polar surface area (TPSA) is 139 Å². The maximum Gasteiger partial charge on any atom is 0.277 e. The molecule has 0 aliphatic carbocycles. The molecule has 1 fully saturated rings. The minimum atomic E-state index is -3.97. The standard InChI is InChI=1S/C38H42Cl2FN3O7S/c1-7-22(8-2)34(46)44-30-18-24(40)12-15-28(30)38(36(44)48)29(20-32(45)42-33(38)26-19-25(41)14-11-21(26)5)27-17-23(39)13-16-31(27)51-37(9-3,10-4)35(47)43-52(6,49)50/h11-19,22,29,33H,7-10,20H2,1-6H3,(H,42,45)(H,43,47). The van der Waals surface area contributed by atoms with Crippen molar-refractivity contribution in [2.24, 2.45) is 5.92 Å². The van der Waals surface area contributed by atoms with Crippen LogP contribution in [0.3, 0.4) is 0 Å². The Kier molecular flexibility index (Phi) is 11.2. The summed E-state index contributed by atoms with van der Waals surface area (Å²) < 4.78 is 48.0. The lowest BCUT2D eigenvalue weighted by Crippen LogP contribution is -2.59. The zero-order valence-electron chi connectivity index (χ0n) is 29.8. The maximum atomic E-state index is 15.6. The summed E-state index contributed by atoms with van der Waals surface area (Å²) >= 11 is 13.2. The molecule has 0 radical (unpaired) electrons. The number of hydrogen-bond acceptors (Lipinski definition) is 7. The van der Waals surface area contributed by atoms with Gasteiger partial charge in [-0.1, -0.05) is 63.0 Å². The van der Waals surface area contributed by atoms with Crippen molar-refractivity contribution in [2.75, 3.05) is 11.2 Å². The SMILES string of the molecule is CCC(CC)C(=O)N1C(=O)C2(c3ccc(Cl)cc31)C(c1cc(Cl)ccc1OC(CC)(CC)C(=O)NS(C)(=O)=O)CC(=O)NC2c1cc(F)ccc1C. The number of fused-ring (bicyclic) bond motifs is 2. The van der Waals surface area contributed by atoms with Crippen LogP contribution in [0.5, 0.6) is 5.75 Å². The first-order chi connectivity index (χ1) is 24.5. The summed E-state index contributed by atoms with van der Waals surface area (Å²) in [6, 6.07) is 12.2. The highest BCUT2D eigenvalue weighted by molar-refractivity contribution is 7.89. The van der Waals surface area contributed by atoms with Gasteiger partial charge in [-0.15, -0.1) is 0 Å². The highest BCUT2D eigenvalue weighted by Crippen LogP contribution is 2.61. The quantitative estimate of drug-likeness (QED) is 0.213. The zero-order chi connectivity index (χ0) is 38.3.